The van der Waals surface area contributed by atoms with Crippen molar-refractivity contribution in [3.05, 3.63) is 65.2 Å². The third kappa shape index (κ3) is 5.19. The van der Waals surface area contributed by atoms with E-state index in [0.29, 0.717) is 12.1 Å². The van der Waals surface area contributed by atoms with Crippen molar-refractivity contribution in [1.29, 1.82) is 0 Å². The molecule has 0 heterocycles. The predicted molar refractivity (Wildman–Crippen MR) is 79.8 cm³/mol. The number of benzene rings is 2. The number of rotatable bonds is 6. The second-order valence-corrected chi connectivity index (χ2v) is 5.25. The molecule has 130 valence electrons. The Hall–Kier alpha value is -2.15. The van der Waals surface area contributed by atoms with E-state index in [4.69, 9.17) is 0 Å². The lowest BCUT2D eigenvalue weighted by Crippen LogP contribution is -2.18. The van der Waals surface area contributed by atoms with E-state index < -0.39 is 18.4 Å². The highest BCUT2D eigenvalue weighted by atomic mass is 19.4. The minimum atomic E-state index is -4.38. The van der Waals surface area contributed by atoms with Gasteiger partial charge in [0.05, 0.1) is 5.56 Å². The third-order valence-electron chi connectivity index (χ3n) is 3.47. The molecule has 1 N–H and O–H groups in total. The van der Waals surface area contributed by atoms with Crippen LogP contribution < -0.4 is 10.1 Å². The van der Waals surface area contributed by atoms with Crippen molar-refractivity contribution in [1.82, 2.24) is 5.32 Å². The van der Waals surface area contributed by atoms with Gasteiger partial charge in [0.25, 0.3) is 0 Å². The minimum absolute atomic E-state index is 0.0553. The van der Waals surface area contributed by atoms with E-state index in [2.05, 4.69) is 10.1 Å². The average molecular weight is 345 g/mol. The van der Waals surface area contributed by atoms with Crippen molar-refractivity contribution in [2.45, 2.75) is 32.3 Å². The van der Waals surface area contributed by atoms with Crippen LogP contribution in [-0.2, 0) is 12.7 Å². The van der Waals surface area contributed by atoms with Crippen molar-refractivity contribution in [3.63, 3.8) is 0 Å². The van der Waals surface area contributed by atoms with Crippen LogP contribution in [0.25, 0.3) is 0 Å². The molecule has 0 aliphatic rings. The first-order valence-corrected chi connectivity index (χ1v) is 7.20. The number of hydrogen-bond acceptors (Lipinski definition) is 2. The van der Waals surface area contributed by atoms with Gasteiger partial charge in [-0.3, -0.25) is 0 Å². The summed E-state index contributed by atoms with van der Waals surface area (Å²) in [5.74, 6) is 0.0553. The number of ether oxygens (including phenoxy) is 1. The van der Waals surface area contributed by atoms with E-state index >= 15 is 0 Å². The van der Waals surface area contributed by atoms with E-state index in [1.54, 1.807) is 25.1 Å². The Morgan fingerprint density at radius 2 is 1.71 bits per heavy atom. The second kappa shape index (κ2) is 7.61. The zero-order valence-corrected chi connectivity index (χ0v) is 12.8. The summed E-state index contributed by atoms with van der Waals surface area (Å²) in [6, 6.07) is 10.9. The maximum atomic E-state index is 12.7. The fraction of sp³-hybridized carbons (Fsp3) is 0.294. The fourth-order valence-corrected chi connectivity index (χ4v) is 2.16. The molecule has 0 saturated carbocycles. The predicted octanol–water partition coefficient (Wildman–Crippen LogP) is 5.16. The fourth-order valence-electron chi connectivity index (χ4n) is 2.16. The summed E-state index contributed by atoms with van der Waals surface area (Å²) in [6.45, 7) is -0.745. The van der Waals surface area contributed by atoms with E-state index in [0.717, 1.165) is 17.7 Å². The first-order chi connectivity index (χ1) is 11.3. The molecule has 0 saturated heterocycles. The van der Waals surface area contributed by atoms with Crippen molar-refractivity contribution >= 4 is 0 Å². The van der Waals surface area contributed by atoms with Crippen LogP contribution in [0.1, 0.15) is 29.7 Å². The average Bonchev–Trinajstić information content (AvgIpc) is 2.53. The lowest BCUT2D eigenvalue weighted by molar-refractivity contribution is -0.137. The molecular weight excluding hydrogens is 329 g/mol. The van der Waals surface area contributed by atoms with Crippen LogP contribution >= 0.6 is 0 Å². The Kier molecular flexibility index (Phi) is 5.77. The van der Waals surface area contributed by atoms with Gasteiger partial charge in [0, 0.05) is 12.6 Å². The van der Waals surface area contributed by atoms with Crippen LogP contribution in [0.2, 0.25) is 0 Å². The normalized spacial score (nSPS) is 13.1. The Bertz CT molecular complexity index is 655. The molecule has 1 unspecified atom stereocenters. The topological polar surface area (TPSA) is 21.3 Å². The summed E-state index contributed by atoms with van der Waals surface area (Å²) >= 11 is 0. The summed E-state index contributed by atoms with van der Waals surface area (Å²) in [5.41, 5.74) is 0.625. The van der Waals surface area contributed by atoms with Gasteiger partial charge in [-0.05, 0) is 42.3 Å². The summed E-state index contributed by atoms with van der Waals surface area (Å²) in [4.78, 5) is 0. The molecule has 24 heavy (non-hydrogen) atoms. The van der Waals surface area contributed by atoms with Crippen molar-refractivity contribution in [3.8, 4) is 5.75 Å². The highest BCUT2D eigenvalue weighted by molar-refractivity contribution is 5.29. The Balaban J connectivity index is 1.97. The molecule has 2 aromatic carbocycles. The molecule has 0 aliphatic carbocycles. The smallest absolute Gasteiger partial charge is 0.416 e. The Morgan fingerprint density at radius 1 is 1.04 bits per heavy atom. The first kappa shape index (κ1) is 18.2. The summed E-state index contributed by atoms with van der Waals surface area (Å²) in [7, 11) is 0. The molecule has 0 aliphatic heterocycles. The lowest BCUT2D eigenvalue weighted by atomic mass is 10.0. The zero-order chi connectivity index (χ0) is 17.7. The highest BCUT2D eigenvalue weighted by Crippen LogP contribution is 2.30. The van der Waals surface area contributed by atoms with Crippen LogP contribution in [0.4, 0.5) is 22.0 Å². The number of hydrogen-bond donors (Lipinski definition) is 1. The van der Waals surface area contributed by atoms with Gasteiger partial charge in [0.2, 0.25) is 0 Å². The van der Waals surface area contributed by atoms with Gasteiger partial charge in [-0.25, -0.2) is 0 Å². The van der Waals surface area contributed by atoms with Gasteiger partial charge in [0.1, 0.15) is 5.75 Å². The molecule has 0 aromatic heterocycles. The standard InChI is InChI=1S/C17H16F5NO/c1-11(13-3-2-4-14(9-13)17(20,21)22)23-10-12-5-7-15(8-6-12)24-16(18)19/h2-9,11,16,23H,10H2,1H3. The monoisotopic (exact) mass is 345 g/mol. The van der Waals surface area contributed by atoms with Crippen molar-refractivity contribution in [2.75, 3.05) is 0 Å². The second-order valence-electron chi connectivity index (χ2n) is 5.25. The van der Waals surface area contributed by atoms with Crippen LogP contribution in [-0.4, -0.2) is 6.61 Å². The van der Waals surface area contributed by atoms with Gasteiger partial charge >= 0.3 is 12.8 Å². The molecule has 7 heteroatoms. The van der Waals surface area contributed by atoms with Gasteiger partial charge in [-0.1, -0.05) is 24.3 Å². The van der Waals surface area contributed by atoms with E-state index in [9.17, 15) is 22.0 Å². The number of halogens is 5. The molecule has 0 spiro atoms. The maximum Gasteiger partial charge on any atom is 0.416 e. The maximum absolute atomic E-state index is 12.7. The summed E-state index contributed by atoms with van der Waals surface area (Å²) in [5, 5.41) is 3.10. The van der Waals surface area contributed by atoms with Gasteiger partial charge in [-0.15, -0.1) is 0 Å². The molecule has 0 bridgehead atoms. The number of alkyl halides is 5. The van der Waals surface area contributed by atoms with E-state index in [1.807, 2.05) is 0 Å². The third-order valence-corrected chi connectivity index (χ3v) is 3.47. The molecule has 2 rings (SSSR count). The molecule has 0 fully saturated rings. The van der Waals surface area contributed by atoms with Gasteiger partial charge in [0.15, 0.2) is 0 Å². The Labute approximate surface area is 136 Å². The Morgan fingerprint density at radius 3 is 2.29 bits per heavy atom. The summed E-state index contributed by atoms with van der Waals surface area (Å²) in [6.07, 6.45) is -4.38. The minimum Gasteiger partial charge on any atom is -0.435 e. The highest BCUT2D eigenvalue weighted by Gasteiger charge is 2.30. The van der Waals surface area contributed by atoms with Crippen LogP contribution in [0.5, 0.6) is 5.75 Å². The van der Waals surface area contributed by atoms with Crippen molar-refractivity contribution in [2.24, 2.45) is 0 Å². The zero-order valence-electron chi connectivity index (χ0n) is 12.8. The molecule has 0 amide bonds. The molecule has 1 atom stereocenters. The lowest BCUT2D eigenvalue weighted by Gasteiger charge is -2.16. The van der Waals surface area contributed by atoms with Crippen LogP contribution in [0.3, 0.4) is 0 Å². The van der Waals surface area contributed by atoms with Crippen LogP contribution in [0.15, 0.2) is 48.5 Å². The van der Waals surface area contributed by atoms with Crippen molar-refractivity contribution < 1.29 is 26.7 Å². The largest absolute Gasteiger partial charge is 0.435 e. The van der Waals surface area contributed by atoms with Gasteiger partial charge in [-0.2, -0.15) is 22.0 Å². The molecule has 2 aromatic rings. The van der Waals surface area contributed by atoms with E-state index in [1.165, 1.54) is 18.2 Å². The van der Waals surface area contributed by atoms with E-state index in [-0.39, 0.29) is 11.8 Å². The SMILES string of the molecule is CC(NCc1ccc(OC(F)F)cc1)c1cccc(C(F)(F)F)c1. The quantitative estimate of drug-likeness (QED) is 0.731. The van der Waals surface area contributed by atoms with Gasteiger partial charge < -0.3 is 10.1 Å². The summed E-state index contributed by atoms with van der Waals surface area (Å²) < 4.78 is 66.6. The number of nitrogens with one attached hydrogen (secondary N) is 1. The molecule has 2 nitrogen and oxygen atoms in total. The first-order valence-electron chi connectivity index (χ1n) is 7.20. The molecule has 0 radical (unpaired) electrons. The molecular formula is C17H16F5NO. The van der Waals surface area contributed by atoms with Crippen LogP contribution in [0, 0.1) is 0 Å².